The first-order valence-electron chi connectivity index (χ1n) is 16.3. The highest BCUT2D eigenvalue weighted by Gasteiger charge is 2.40. The van der Waals surface area contributed by atoms with E-state index < -0.39 is 15.5 Å². The molecule has 7 aromatic rings. The molecule has 0 N–H and O–H groups in total. The standard InChI is InChI=1S/C45H39P3/c46-43(34-19-7-1-8-20-34,35-21-9-2-10-22-35)40-31-41(44(47,36-23-11-3-12-24-36)37-25-13-4-14-26-37)33-42(32-40)45(48,38-27-15-5-16-28-38)39-29-17-6-18-30-39/h1-33H,46-48H2. The van der Waals surface area contributed by atoms with Crippen molar-refractivity contribution in [2.24, 2.45) is 0 Å². The first-order valence-corrected chi connectivity index (χ1v) is 18.0. The van der Waals surface area contributed by atoms with Crippen molar-refractivity contribution < 1.29 is 0 Å². The van der Waals surface area contributed by atoms with Crippen LogP contribution in [0.1, 0.15) is 50.1 Å². The van der Waals surface area contributed by atoms with Crippen LogP contribution in [0.25, 0.3) is 0 Å². The molecule has 0 aromatic heterocycles. The van der Waals surface area contributed by atoms with E-state index in [0.717, 1.165) is 0 Å². The van der Waals surface area contributed by atoms with Gasteiger partial charge in [-0.3, -0.25) is 0 Å². The van der Waals surface area contributed by atoms with Gasteiger partial charge in [-0.25, -0.2) is 0 Å². The lowest BCUT2D eigenvalue weighted by molar-refractivity contribution is 0.831. The Hall–Kier alpha value is -4.17. The third kappa shape index (κ3) is 5.78. The first-order chi connectivity index (χ1) is 23.4. The van der Waals surface area contributed by atoms with Gasteiger partial charge in [0.25, 0.3) is 0 Å². The van der Waals surface area contributed by atoms with Gasteiger partial charge in [-0.15, -0.1) is 27.7 Å². The van der Waals surface area contributed by atoms with Crippen LogP contribution < -0.4 is 0 Å². The zero-order valence-corrected chi connectivity index (χ0v) is 30.2. The molecule has 0 nitrogen and oxygen atoms in total. The third-order valence-corrected chi connectivity index (χ3v) is 12.7. The molecule has 0 amide bonds. The summed E-state index contributed by atoms with van der Waals surface area (Å²) in [6.07, 6.45) is 0. The molecule has 0 bridgehead atoms. The van der Waals surface area contributed by atoms with Crippen molar-refractivity contribution in [3.63, 3.8) is 0 Å². The van der Waals surface area contributed by atoms with Gasteiger partial charge >= 0.3 is 0 Å². The van der Waals surface area contributed by atoms with Crippen LogP contribution in [0, 0.1) is 0 Å². The molecule has 48 heavy (non-hydrogen) atoms. The van der Waals surface area contributed by atoms with Gasteiger partial charge in [0.1, 0.15) is 0 Å². The lowest BCUT2D eigenvalue weighted by atomic mass is 9.75. The van der Waals surface area contributed by atoms with Gasteiger partial charge in [-0.05, 0) is 50.1 Å². The van der Waals surface area contributed by atoms with E-state index in [1.165, 1.54) is 50.1 Å². The Bertz CT molecular complexity index is 1700. The normalized spacial score (nSPS) is 12.1. The molecule has 7 rings (SSSR count). The number of hydrogen-bond acceptors (Lipinski definition) is 0. The topological polar surface area (TPSA) is 0 Å². The van der Waals surface area contributed by atoms with Crippen molar-refractivity contribution in [2.45, 2.75) is 15.5 Å². The van der Waals surface area contributed by atoms with Crippen LogP contribution in [0.2, 0.25) is 0 Å². The van der Waals surface area contributed by atoms with Gasteiger partial charge in [0, 0.05) is 0 Å². The zero-order chi connectivity index (χ0) is 33.0. The summed E-state index contributed by atoms with van der Waals surface area (Å²) >= 11 is 0. The van der Waals surface area contributed by atoms with Crippen molar-refractivity contribution in [3.05, 3.63) is 250 Å². The predicted molar refractivity (Wildman–Crippen MR) is 214 cm³/mol. The van der Waals surface area contributed by atoms with E-state index in [1.54, 1.807) is 0 Å². The molecule has 0 radical (unpaired) electrons. The van der Waals surface area contributed by atoms with Gasteiger partial charge in [-0.1, -0.05) is 200 Å². The first kappa shape index (κ1) is 32.4. The summed E-state index contributed by atoms with van der Waals surface area (Å²) in [6, 6.07) is 72.6. The Labute approximate surface area is 292 Å². The van der Waals surface area contributed by atoms with E-state index in [1.807, 2.05) is 0 Å². The lowest BCUT2D eigenvalue weighted by Gasteiger charge is -2.39. The van der Waals surface area contributed by atoms with E-state index in [4.69, 9.17) is 0 Å². The summed E-state index contributed by atoms with van der Waals surface area (Å²) in [7, 11) is 9.87. The van der Waals surface area contributed by atoms with E-state index in [2.05, 4.69) is 228 Å². The van der Waals surface area contributed by atoms with Gasteiger partial charge in [0.15, 0.2) is 0 Å². The SMILES string of the molecule is PC(c1ccccc1)(c1ccccc1)c1cc(C(P)(c2ccccc2)c2ccccc2)cc(C(P)(c2ccccc2)c2ccccc2)c1. The van der Waals surface area contributed by atoms with Crippen LogP contribution in [-0.4, -0.2) is 0 Å². The fourth-order valence-electron chi connectivity index (χ4n) is 7.02. The van der Waals surface area contributed by atoms with Crippen LogP contribution in [0.3, 0.4) is 0 Å². The minimum absolute atomic E-state index is 0.523. The third-order valence-electron chi connectivity index (χ3n) is 9.67. The van der Waals surface area contributed by atoms with Crippen molar-refractivity contribution in [1.29, 1.82) is 0 Å². The van der Waals surface area contributed by atoms with Crippen LogP contribution in [0.5, 0.6) is 0 Å². The summed E-state index contributed by atoms with van der Waals surface area (Å²) in [5.41, 5.74) is 10.9. The molecule has 0 heterocycles. The smallest absolute Gasteiger partial charge is 0.0591 e. The van der Waals surface area contributed by atoms with E-state index in [0.29, 0.717) is 0 Å². The average Bonchev–Trinajstić information content (AvgIpc) is 3.18. The molecule has 0 fully saturated rings. The van der Waals surface area contributed by atoms with Crippen LogP contribution >= 0.6 is 27.7 Å². The Kier molecular flexibility index (Phi) is 9.27. The number of benzene rings is 7. The Morgan fingerprint density at radius 1 is 0.208 bits per heavy atom. The number of rotatable bonds is 9. The summed E-state index contributed by atoms with van der Waals surface area (Å²) in [5.74, 6) is 0. The van der Waals surface area contributed by atoms with Crippen molar-refractivity contribution in [2.75, 3.05) is 0 Å². The number of hydrogen-bond donors (Lipinski definition) is 0. The molecule has 0 aliphatic carbocycles. The quantitative estimate of drug-likeness (QED) is 0.106. The monoisotopic (exact) mass is 672 g/mol. The molecule has 3 heteroatoms. The second kappa shape index (κ2) is 13.7. The molecule has 3 atom stereocenters. The molecule has 0 spiro atoms. The summed E-state index contributed by atoms with van der Waals surface area (Å²) in [5, 5.41) is -1.57. The second-order valence-corrected chi connectivity index (χ2v) is 15.0. The lowest BCUT2D eigenvalue weighted by Crippen LogP contribution is -2.28. The Balaban J connectivity index is 1.62. The molecular formula is C45H39P3. The Morgan fingerprint density at radius 3 is 0.500 bits per heavy atom. The highest BCUT2D eigenvalue weighted by atomic mass is 31.0. The highest BCUT2D eigenvalue weighted by Crippen LogP contribution is 2.53. The summed E-state index contributed by atoms with van der Waals surface area (Å²) < 4.78 is 0. The van der Waals surface area contributed by atoms with Gasteiger partial charge in [-0.2, -0.15) is 0 Å². The second-order valence-electron chi connectivity index (χ2n) is 12.4. The predicted octanol–water partition coefficient (Wildman–Crippen LogP) is 11.2. The summed E-state index contributed by atoms with van der Waals surface area (Å²) in [4.78, 5) is 0. The average molecular weight is 673 g/mol. The molecule has 0 aliphatic heterocycles. The van der Waals surface area contributed by atoms with Crippen molar-refractivity contribution >= 4 is 27.7 Å². The van der Waals surface area contributed by atoms with Crippen LogP contribution in [0.4, 0.5) is 0 Å². The fraction of sp³-hybridized carbons (Fsp3) is 0.0667. The maximum absolute atomic E-state index is 3.29. The molecule has 0 saturated carbocycles. The summed E-state index contributed by atoms with van der Waals surface area (Å²) in [6.45, 7) is 0. The Morgan fingerprint density at radius 2 is 0.354 bits per heavy atom. The highest BCUT2D eigenvalue weighted by molar-refractivity contribution is 7.20. The van der Waals surface area contributed by atoms with E-state index in [-0.39, 0.29) is 0 Å². The van der Waals surface area contributed by atoms with Crippen molar-refractivity contribution in [3.8, 4) is 0 Å². The van der Waals surface area contributed by atoms with E-state index in [9.17, 15) is 0 Å². The minimum Gasteiger partial charge on any atom is -0.117 e. The maximum Gasteiger partial charge on any atom is 0.0591 e. The molecule has 0 aliphatic rings. The van der Waals surface area contributed by atoms with Gasteiger partial charge in [0.05, 0.1) is 15.5 Å². The van der Waals surface area contributed by atoms with Crippen molar-refractivity contribution in [1.82, 2.24) is 0 Å². The van der Waals surface area contributed by atoms with Crippen LogP contribution in [0.15, 0.2) is 200 Å². The maximum atomic E-state index is 3.29. The molecule has 3 unspecified atom stereocenters. The largest absolute Gasteiger partial charge is 0.117 e. The van der Waals surface area contributed by atoms with Gasteiger partial charge in [0.2, 0.25) is 0 Å². The van der Waals surface area contributed by atoms with Gasteiger partial charge < -0.3 is 0 Å². The molecule has 234 valence electrons. The molecule has 7 aromatic carbocycles. The van der Waals surface area contributed by atoms with Crippen LogP contribution in [-0.2, 0) is 15.5 Å². The van der Waals surface area contributed by atoms with E-state index >= 15 is 0 Å². The zero-order valence-electron chi connectivity index (χ0n) is 26.8. The molecule has 0 saturated heterocycles. The molecular weight excluding hydrogens is 633 g/mol. The minimum atomic E-state index is -0.523. The fourth-order valence-corrected chi connectivity index (χ4v) is 8.67.